The summed E-state index contributed by atoms with van der Waals surface area (Å²) in [4.78, 5) is 11.6. The molecule has 1 aliphatic heterocycles. The Kier molecular flexibility index (Phi) is 2.58. The highest BCUT2D eigenvalue weighted by atomic mass is 16.5. The van der Waals surface area contributed by atoms with Crippen LogP contribution in [0, 0.1) is 5.41 Å². The summed E-state index contributed by atoms with van der Waals surface area (Å²) in [7, 11) is 1.70. The molecular formula is C15H19NO2. The number of fused-ring (bicyclic) bond motifs is 1. The lowest BCUT2D eigenvalue weighted by molar-refractivity contribution is -0.119. The summed E-state index contributed by atoms with van der Waals surface area (Å²) in [5.74, 6) is 1.12. The van der Waals surface area contributed by atoms with Crippen molar-refractivity contribution in [3.8, 4) is 5.75 Å². The van der Waals surface area contributed by atoms with Crippen LogP contribution in [0.5, 0.6) is 5.75 Å². The minimum Gasteiger partial charge on any atom is -0.497 e. The molecular weight excluding hydrogens is 226 g/mol. The van der Waals surface area contributed by atoms with Gasteiger partial charge in [0.2, 0.25) is 5.91 Å². The highest BCUT2D eigenvalue weighted by Gasteiger charge is 2.46. The second-order valence-corrected chi connectivity index (χ2v) is 5.64. The first-order valence-corrected chi connectivity index (χ1v) is 6.58. The van der Waals surface area contributed by atoms with E-state index in [4.69, 9.17) is 4.74 Å². The maximum absolute atomic E-state index is 11.6. The van der Waals surface area contributed by atoms with Gasteiger partial charge in [-0.15, -0.1) is 0 Å². The maximum Gasteiger partial charge on any atom is 0.220 e. The number of carbonyl (C=O) groups excluding carboxylic acids is 1. The lowest BCUT2D eigenvalue weighted by Crippen LogP contribution is -2.38. The van der Waals surface area contributed by atoms with Crippen molar-refractivity contribution in [1.82, 2.24) is 5.32 Å². The van der Waals surface area contributed by atoms with Crippen LogP contribution in [0.15, 0.2) is 18.2 Å². The van der Waals surface area contributed by atoms with Gasteiger partial charge in [0.05, 0.1) is 7.11 Å². The van der Waals surface area contributed by atoms with Crippen LogP contribution < -0.4 is 10.1 Å². The molecule has 1 aliphatic carbocycles. The van der Waals surface area contributed by atoms with Crippen LogP contribution in [-0.2, 0) is 17.6 Å². The number of carbonyl (C=O) groups is 1. The van der Waals surface area contributed by atoms with Crippen LogP contribution in [-0.4, -0.2) is 19.1 Å². The van der Waals surface area contributed by atoms with Crippen LogP contribution in [0.25, 0.3) is 0 Å². The van der Waals surface area contributed by atoms with E-state index in [0.717, 1.165) is 25.0 Å². The van der Waals surface area contributed by atoms with E-state index in [1.165, 1.54) is 11.1 Å². The van der Waals surface area contributed by atoms with Gasteiger partial charge >= 0.3 is 0 Å². The number of hydrogen-bond acceptors (Lipinski definition) is 2. The number of hydrogen-bond donors (Lipinski definition) is 1. The third-order valence-electron chi connectivity index (χ3n) is 4.66. The smallest absolute Gasteiger partial charge is 0.220 e. The summed E-state index contributed by atoms with van der Waals surface area (Å²) in [6.07, 6.45) is 3.83. The third-order valence-corrected chi connectivity index (χ3v) is 4.66. The average Bonchev–Trinajstić information content (AvgIpc) is 2.63. The first-order chi connectivity index (χ1) is 8.63. The van der Waals surface area contributed by atoms with Crippen molar-refractivity contribution >= 4 is 5.91 Å². The van der Waals surface area contributed by atoms with Gasteiger partial charge in [-0.3, -0.25) is 4.79 Å². The van der Waals surface area contributed by atoms with Gasteiger partial charge in [-0.25, -0.2) is 0 Å². The quantitative estimate of drug-likeness (QED) is 0.822. The summed E-state index contributed by atoms with van der Waals surface area (Å²) in [6, 6.07) is 6.60. The Balaban J connectivity index is 1.94. The Labute approximate surface area is 108 Å². The Morgan fingerprint density at radius 1 is 1.33 bits per heavy atom. The number of ether oxygens (including phenoxy) is 1. The molecule has 1 amide bonds. The van der Waals surface area contributed by atoms with Gasteiger partial charge in [0.25, 0.3) is 0 Å². The van der Waals surface area contributed by atoms with Gasteiger partial charge in [-0.05, 0) is 49.4 Å². The van der Waals surface area contributed by atoms with E-state index in [1.807, 2.05) is 6.07 Å². The van der Waals surface area contributed by atoms with E-state index in [0.29, 0.717) is 6.42 Å². The molecule has 1 spiro atoms. The van der Waals surface area contributed by atoms with Gasteiger partial charge in [0.1, 0.15) is 5.75 Å². The number of methoxy groups -OCH3 is 1. The molecule has 0 aromatic heterocycles. The minimum absolute atomic E-state index is 0.121. The summed E-state index contributed by atoms with van der Waals surface area (Å²) < 4.78 is 5.30. The van der Waals surface area contributed by atoms with Crippen molar-refractivity contribution in [3.05, 3.63) is 29.3 Å². The van der Waals surface area contributed by atoms with Crippen LogP contribution in [0.3, 0.4) is 0 Å². The van der Waals surface area contributed by atoms with Crippen LogP contribution in [0.1, 0.15) is 30.9 Å². The molecule has 1 N–H and O–H groups in total. The molecule has 2 atom stereocenters. The van der Waals surface area contributed by atoms with E-state index in [9.17, 15) is 4.79 Å². The molecule has 3 nitrogen and oxygen atoms in total. The Hall–Kier alpha value is -1.51. The molecule has 1 heterocycles. The Morgan fingerprint density at radius 3 is 2.83 bits per heavy atom. The maximum atomic E-state index is 11.6. The normalized spacial score (nSPS) is 30.1. The van der Waals surface area contributed by atoms with Crippen molar-refractivity contribution in [2.24, 2.45) is 5.41 Å². The molecule has 18 heavy (non-hydrogen) atoms. The van der Waals surface area contributed by atoms with E-state index < -0.39 is 0 Å². The first kappa shape index (κ1) is 11.6. The van der Waals surface area contributed by atoms with Gasteiger partial charge < -0.3 is 10.1 Å². The zero-order valence-electron chi connectivity index (χ0n) is 11.0. The van der Waals surface area contributed by atoms with E-state index in [-0.39, 0.29) is 17.4 Å². The summed E-state index contributed by atoms with van der Waals surface area (Å²) in [5.41, 5.74) is 2.88. The van der Waals surface area contributed by atoms with Crippen molar-refractivity contribution in [2.75, 3.05) is 7.11 Å². The minimum atomic E-state index is 0.121. The van der Waals surface area contributed by atoms with Gasteiger partial charge in [0, 0.05) is 17.9 Å². The van der Waals surface area contributed by atoms with Gasteiger partial charge in [-0.2, -0.15) is 0 Å². The molecule has 0 saturated carbocycles. The van der Waals surface area contributed by atoms with Gasteiger partial charge in [-0.1, -0.05) is 6.07 Å². The number of aryl methyl sites for hydroxylation is 1. The predicted molar refractivity (Wildman–Crippen MR) is 69.7 cm³/mol. The average molecular weight is 245 g/mol. The molecule has 1 saturated heterocycles. The Morgan fingerprint density at radius 2 is 2.17 bits per heavy atom. The van der Waals surface area contributed by atoms with Crippen molar-refractivity contribution in [2.45, 2.75) is 38.6 Å². The second kappa shape index (κ2) is 4.01. The zero-order valence-corrected chi connectivity index (χ0v) is 11.0. The molecule has 1 aromatic carbocycles. The molecule has 1 fully saturated rings. The van der Waals surface area contributed by atoms with Crippen molar-refractivity contribution in [3.63, 3.8) is 0 Å². The van der Waals surface area contributed by atoms with Gasteiger partial charge in [0.15, 0.2) is 0 Å². The molecule has 0 bridgehead atoms. The SMILES string of the molecule is COc1ccc2c(c1)CC1(CC2)CC(=O)NC1C. The second-order valence-electron chi connectivity index (χ2n) is 5.64. The van der Waals surface area contributed by atoms with Crippen LogP contribution in [0.2, 0.25) is 0 Å². The molecule has 1 aromatic rings. The third kappa shape index (κ3) is 1.69. The van der Waals surface area contributed by atoms with Crippen molar-refractivity contribution in [1.29, 1.82) is 0 Å². The van der Waals surface area contributed by atoms with Crippen molar-refractivity contribution < 1.29 is 9.53 Å². The number of rotatable bonds is 1. The van der Waals surface area contributed by atoms with E-state index in [1.54, 1.807) is 7.11 Å². The molecule has 3 rings (SSSR count). The lowest BCUT2D eigenvalue weighted by atomic mass is 9.67. The topological polar surface area (TPSA) is 38.3 Å². The predicted octanol–water partition coefficient (Wildman–Crippen LogP) is 2.08. The molecule has 3 heteroatoms. The molecule has 2 unspecified atom stereocenters. The first-order valence-electron chi connectivity index (χ1n) is 6.58. The largest absolute Gasteiger partial charge is 0.497 e. The zero-order chi connectivity index (χ0) is 12.8. The fourth-order valence-electron chi connectivity index (χ4n) is 3.43. The summed E-state index contributed by atoms with van der Waals surface area (Å²) in [6.45, 7) is 2.13. The highest BCUT2D eigenvalue weighted by Crippen LogP contribution is 2.44. The number of benzene rings is 1. The molecule has 0 radical (unpaired) electrons. The lowest BCUT2D eigenvalue weighted by Gasteiger charge is -2.37. The van der Waals surface area contributed by atoms with Crippen LogP contribution in [0.4, 0.5) is 0 Å². The standard InChI is InChI=1S/C15H19NO2/c1-10-15(9-14(17)16-10)6-5-11-3-4-13(18-2)7-12(11)8-15/h3-4,7,10H,5-6,8-9H2,1-2H3,(H,16,17). The number of nitrogens with one attached hydrogen (secondary N) is 1. The highest BCUT2D eigenvalue weighted by molar-refractivity contribution is 5.80. The monoisotopic (exact) mass is 245 g/mol. The Bertz CT molecular complexity index is 497. The molecule has 96 valence electrons. The molecule has 2 aliphatic rings. The van der Waals surface area contributed by atoms with E-state index >= 15 is 0 Å². The summed E-state index contributed by atoms with van der Waals surface area (Å²) >= 11 is 0. The fourth-order valence-corrected chi connectivity index (χ4v) is 3.43. The summed E-state index contributed by atoms with van der Waals surface area (Å²) in [5, 5.41) is 3.07. The van der Waals surface area contributed by atoms with Crippen LogP contribution >= 0.6 is 0 Å². The fraction of sp³-hybridized carbons (Fsp3) is 0.533. The van der Waals surface area contributed by atoms with E-state index in [2.05, 4.69) is 24.4 Å². The number of amides is 1.